The van der Waals surface area contributed by atoms with Crippen molar-refractivity contribution in [2.45, 2.75) is 69.9 Å². The number of fused-ring (bicyclic) bond motifs is 2. The van der Waals surface area contributed by atoms with Gasteiger partial charge in [0.15, 0.2) is 46.0 Å². The zero-order valence-corrected chi connectivity index (χ0v) is 44.2. The largest absolute Gasteiger partial charge is 0.493 e. The summed E-state index contributed by atoms with van der Waals surface area (Å²) in [4.78, 5) is 26.6. The van der Waals surface area contributed by atoms with E-state index in [1.54, 1.807) is 78.2 Å². The zero-order valence-electron chi connectivity index (χ0n) is 44.2. The lowest BCUT2D eigenvalue weighted by Crippen LogP contribution is -2.52. The molecule has 0 N–H and O–H groups in total. The van der Waals surface area contributed by atoms with Gasteiger partial charge in [0.05, 0.1) is 143 Å². The van der Waals surface area contributed by atoms with Crippen LogP contribution >= 0.6 is 0 Å². The summed E-state index contributed by atoms with van der Waals surface area (Å²) < 4.78 is 70.8. The summed E-state index contributed by atoms with van der Waals surface area (Å²) in [6, 6.07) is 13.9. The molecule has 0 aliphatic carbocycles. The van der Waals surface area contributed by atoms with Gasteiger partial charge in [-0.1, -0.05) is 6.07 Å². The molecule has 4 unspecified atom stereocenters. The predicted molar refractivity (Wildman–Crippen MR) is 269 cm³/mol. The van der Waals surface area contributed by atoms with Gasteiger partial charge in [-0.05, 0) is 58.7 Å². The van der Waals surface area contributed by atoms with Crippen LogP contribution in [0.4, 0.5) is 0 Å². The highest BCUT2D eigenvalue weighted by Gasteiger charge is 2.44. The first-order valence-electron chi connectivity index (χ1n) is 24.2. The maximum atomic E-state index is 13.5. The topological polar surface area (TPSA) is 145 Å². The number of nitrogens with zero attached hydrogens (tertiary/aromatic N) is 2. The van der Waals surface area contributed by atoms with Crippen molar-refractivity contribution in [3.63, 3.8) is 0 Å². The summed E-state index contributed by atoms with van der Waals surface area (Å²) in [5.41, 5.74) is 6.44. The van der Waals surface area contributed by atoms with Crippen LogP contribution in [-0.2, 0) is 40.0 Å². The smallest absolute Gasteiger partial charge is 0.306 e. The first kappa shape index (κ1) is 54.1. The van der Waals surface area contributed by atoms with Crippen molar-refractivity contribution in [2.24, 2.45) is 0 Å². The van der Waals surface area contributed by atoms with Crippen LogP contribution in [0.3, 0.4) is 0 Å². The Labute approximate surface area is 420 Å². The van der Waals surface area contributed by atoms with E-state index in [0.29, 0.717) is 111 Å². The molecule has 71 heavy (non-hydrogen) atoms. The third-order valence-electron chi connectivity index (χ3n) is 14.7. The molecule has 0 spiro atoms. The Morgan fingerprint density at radius 3 is 1.37 bits per heavy atom. The molecule has 2 heterocycles. The molecule has 4 aromatic rings. The molecule has 4 aromatic carbocycles. The Bertz CT molecular complexity index is 2470. The zero-order chi connectivity index (χ0) is 51.5. The third-order valence-corrected chi connectivity index (χ3v) is 14.7. The lowest BCUT2D eigenvalue weighted by Gasteiger charge is -2.46. The molecule has 0 saturated heterocycles. The fourth-order valence-electron chi connectivity index (χ4n) is 10.9. The first-order chi connectivity index (χ1) is 34.2. The van der Waals surface area contributed by atoms with Gasteiger partial charge in [-0.3, -0.25) is 9.59 Å². The van der Waals surface area contributed by atoms with E-state index in [1.807, 2.05) is 30.3 Å². The number of methoxy groups -OCH3 is 11. The maximum Gasteiger partial charge on any atom is 0.306 e. The molecule has 16 heteroatoms. The van der Waals surface area contributed by atoms with Gasteiger partial charge in [0.2, 0.25) is 17.2 Å². The summed E-state index contributed by atoms with van der Waals surface area (Å²) in [7, 11) is 22.4. The third kappa shape index (κ3) is 11.6. The molecule has 0 aromatic heterocycles. The minimum Gasteiger partial charge on any atom is -0.493 e. The number of likely N-dealkylation sites (N-methyl/N-ethyl adjacent to an activating group) is 2. The van der Waals surface area contributed by atoms with E-state index in [-0.39, 0.29) is 43.3 Å². The number of benzene rings is 4. The van der Waals surface area contributed by atoms with Crippen LogP contribution in [0.25, 0.3) is 0 Å². The molecule has 0 bridgehead atoms. The van der Waals surface area contributed by atoms with Crippen LogP contribution in [0.15, 0.2) is 42.5 Å². The van der Waals surface area contributed by atoms with Crippen LogP contribution in [0.5, 0.6) is 63.2 Å². The number of ether oxygens (including phenoxy) is 12. The summed E-state index contributed by atoms with van der Waals surface area (Å²) in [6.45, 7) is 3.35. The maximum absolute atomic E-state index is 13.5. The Morgan fingerprint density at radius 1 is 0.465 bits per heavy atom. The van der Waals surface area contributed by atoms with E-state index in [4.69, 9.17) is 56.8 Å². The first-order valence-corrected chi connectivity index (χ1v) is 24.2. The molecule has 4 atom stereocenters. The van der Waals surface area contributed by atoms with Gasteiger partial charge in [-0.25, -0.2) is 0 Å². The molecule has 2 aliphatic heterocycles. The number of hydrogen-bond donors (Lipinski definition) is 0. The number of quaternary nitrogens is 2. The lowest BCUT2D eigenvalue weighted by atomic mass is 9.85. The highest BCUT2D eigenvalue weighted by molar-refractivity contribution is 5.82. The second kappa shape index (κ2) is 24.2. The SMILES string of the molecule is COc1ccc(CC2c3c(cc(OC)c(OC)c3OC)CC[N+]2(C)CCCOC(=O)CCC(=O)CCC[N+]2(C)CCc3cc(OC)c(OC)c(OC)c3C2Cc2cc(OC)c(OC)c(OC)c2)cc1OC. The quantitative estimate of drug-likeness (QED) is 0.0339. The van der Waals surface area contributed by atoms with E-state index in [1.165, 1.54) is 0 Å². The van der Waals surface area contributed by atoms with Crippen molar-refractivity contribution in [1.82, 2.24) is 0 Å². The van der Waals surface area contributed by atoms with E-state index >= 15 is 0 Å². The average molecular weight is 989 g/mol. The van der Waals surface area contributed by atoms with Crippen LogP contribution in [0, 0.1) is 0 Å². The van der Waals surface area contributed by atoms with Crippen molar-refractivity contribution in [3.05, 3.63) is 75.8 Å². The Hall–Kier alpha value is -6.26. The Balaban J connectivity index is 1.10. The van der Waals surface area contributed by atoms with Gasteiger partial charge in [-0.2, -0.15) is 0 Å². The number of esters is 1. The van der Waals surface area contributed by atoms with E-state index in [9.17, 15) is 9.59 Å². The van der Waals surface area contributed by atoms with Crippen LogP contribution in [-0.4, -0.2) is 146 Å². The van der Waals surface area contributed by atoms with Crippen LogP contribution < -0.4 is 52.1 Å². The van der Waals surface area contributed by atoms with E-state index in [2.05, 4.69) is 26.2 Å². The number of ketones is 1. The van der Waals surface area contributed by atoms with E-state index < -0.39 is 0 Å². The minimum atomic E-state index is -0.376. The van der Waals surface area contributed by atoms with Crippen LogP contribution in [0.1, 0.15) is 77.6 Å². The van der Waals surface area contributed by atoms with Crippen molar-refractivity contribution >= 4 is 11.8 Å². The monoisotopic (exact) mass is 989 g/mol. The van der Waals surface area contributed by atoms with Crippen molar-refractivity contribution in [3.8, 4) is 63.2 Å². The van der Waals surface area contributed by atoms with Crippen LogP contribution in [0.2, 0.25) is 0 Å². The highest BCUT2D eigenvalue weighted by atomic mass is 16.6. The molecular formula is C55H76N2O14+2. The highest BCUT2D eigenvalue weighted by Crippen LogP contribution is 2.52. The predicted octanol–water partition coefficient (Wildman–Crippen LogP) is 8.12. The molecule has 16 nitrogen and oxygen atoms in total. The number of carbonyl (C=O) groups is 2. The van der Waals surface area contributed by atoms with Crippen molar-refractivity contribution in [2.75, 3.05) is 125 Å². The Morgan fingerprint density at radius 2 is 0.901 bits per heavy atom. The van der Waals surface area contributed by atoms with Gasteiger partial charge in [-0.15, -0.1) is 0 Å². The van der Waals surface area contributed by atoms with Crippen molar-refractivity contribution < 1.29 is 75.4 Å². The molecule has 6 rings (SSSR count). The second-order valence-electron chi connectivity index (χ2n) is 18.7. The lowest BCUT2D eigenvalue weighted by molar-refractivity contribution is -0.941. The fraction of sp³-hybridized carbons (Fsp3) is 0.527. The van der Waals surface area contributed by atoms with Crippen molar-refractivity contribution in [1.29, 1.82) is 0 Å². The summed E-state index contributed by atoms with van der Waals surface area (Å²) in [5.74, 6) is 6.23. The normalized spacial score (nSPS) is 19.1. The molecular weight excluding hydrogens is 913 g/mol. The Kier molecular flexibility index (Phi) is 18.5. The van der Waals surface area contributed by atoms with Gasteiger partial charge in [0.25, 0.3) is 0 Å². The molecule has 0 saturated carbocycles. The van der Waals surface area contributed by atoms with Gasteiger partial charge in [0, 0.05) is 51.4 Å². The number of Topliss-reactive ketones (excluding diaryl/α,β-unsaturated/α-hetero) is 1. The minimum absolute atomic E-state index is 0.0279. The molecule has 0 amide bonds. The van der Waals surface area contributed by atoms with Gasteiger partial charge in [0.1, 0.15) is 17.9 Å². The molecule has 0 radical (unpaired) electrons. The number of hydrogen-bond acceptors (Lipinski definition) is 14. The molecule has 388 valence electrons. The fourth-order valence-corrected chi connectivity index (χ4v) is 10.9. The number of carbonyl (C=O) groups excluding carboxylic acids is 2. The standard InChI is InChI=1S/C55H76N2O14/c1-56(25-21-38-34-47(65-8)53(68-11)55(70-13)50(38)41(56)29-36-31-44(62-5)51(66-9)45(32-36)63-6)23-14-16-39(58)18-20-48(59)71-27-15-24-57(2)26-22-37-33-46(64-7)52(67-10)54(69-12)49(37)40(57)28-35-17-19-42(60-3)43(30-35)61-4/h17,19,30-34,40-41H,14-16,18,20-29H2,1-13H3/q+2. The van der Waals surface area contributed by atoms with Gasteiger partial charge < -0.3 is 65.8 Å². The summed E-state index contributed by atoms with van der Waals surface area (Å²) in [6.07, 6.45) is 4.60. The van der Waals surface area contributed by atoms with Gasteiger partial charge >= 0.3 is 5.97 Å². The summed E-state index contributed by atoms with van der Waals surface area (Å²) >= 11 is 0. The molecule has 2 aliphatic rings. The second-order valence-corrected chi connectivity index (χ2v) is 18.7. The number of rotatable bonds is 26. The average Bonchev–Trinajstić information content (AvgIpc) is 3.39. The summed E-state index contributed by atoms with van der Waals surface area (Å²) in [5, 5.41) is 0. The molecule has 0 fully saturated rings. The van der Waals surface area contributed by atoms with E-state index in [0.717, 1.165) is 65.9 Å².